The summed E-state index contributed by atoms with van der Waals surface area (Å²) in [6.45, 7) is 7.95. The molecule has 4 rings (SSSR count). The van der Waals surface area contributed by atoms with Crippen molar-refractivity contribution in [2.75, 3.05) is 30.4 Å². The predicted octanol–water partition coefficient (Wildman–Crippen LogP) is 4.86. The van der Waals surface area contributed by atoms with Crippen LogP contribution in [0.15, 0.2) is 71.5 Å². The molecule has 0 aliphatic rings. The van der Waals surface area contributed by atoms with Crippen molar-refractivity contribution in [3.63, 3.8) is 0 Å². The summed E-state index contributed by atoms with van der Waals surface area (Å²) in [7, 11) is 1.59. The molecule has 0 aliphatic carbocycles. The highest BCUT2D eigenvalue weighted by Crippen LogP contribution is 2.20. The van der Waals surface area contributed by atoms with Crippen molar-refractivity contribution in [2.24, 2.45) is 0 Å². The number of amides is 1. The third-order valence-corrected chi connectivity index (χ3v) is 6.05. The second-order valence-corrected chi connectivity index (χ2v) is 8.38. The van der Waals surface area contributed by atoms with Gasteiger partial charge >= 0.3 is 0 Å². The Balaban J connectivity index is 1.73. The molecule has 1 N–H and O–H groups in total. The second kappa shape index (κ2) is 10.4. The van der Waals surface area contributed by atoms with Crippen LogP contribution in [-0.4, -0.2) is 35.7 Å². The molecule has 3 aromatic carbocycles. The minimum Gasteiger partial charge on any atom is -0.497 e. The van der Waals surface area contributed by atoms with Gasteiger partial charge in [-0.15, -0.1) is 0 Å². The number of hydrogen-bond donors (Lipinski definition) is 1. The van der Waals surface area contributed by atoms with E-state index >= 15 is 0 Å². The van der Waals surface area contributed by atoms with Crippen molar-refractivity contribution in [1.29, 1.82) is 0 Å². The smallest absolute Gasteiger partial charge is 0.263 e. The molecule has 1 aromatic heterocycles. The molecule has 7 nitrogen and oxygen atoms in total. The second-order valence-electron chi connectivity index (χ2n) is 8.38. The lowest BCUT2D eigenvalue weighted by Crippen LogP contribution is -2.33. The molecule has 0 aliphatic heterocycles. The third-order valence-electron chi connectivity index (χ3n) is 6.05. The van der Waals surface area contributed by atoms with E-state index in [2.05, 4.69) is 10.2 Å². The summed E-state index contributed by atoms with van der Waals surface area (Å²) in [4.78, 5) is 33.4. The number of anilines is 2. The molecule has 0 spiro atoms. The van der Waals surface area contributed by atoms with Crippen LogP contribution in [0.5, 0.6) is 5.75 Å². The van der Waals surface area contributed by atoms with Crippen LogP contribution in [0.3, 0.4) is 0 Å². The number of rotatable bonds is 8. The van der Waals surface area contributed by atoms with Crippen LogP contribution in [0.2, 0.25) is 0 Å². The van der Waals surface area contributed by atoms with Gasteiger partial charge in [0.05, 0.1) is 24.6 Å². The standard InChI is InChI=1S/C28H30N4O3/c1-5-31(6-2)28-30-25-17-21(26(33)29-22-12-14-23(35-4)15-13-22)11-16-24(25)27(34)32(28)18-20-9-7-19(3)8-10-20/h7-17H,5-6,18H2,1-4H3,(H,29,33). The van der Waals surface area contributed by atoms with E-state index in [-0.39, 0.29) is 11.5 Å². The van der Waals surface area contributed by atoms with E-state index in [0.717, 1.165) is 5.56 Å². The van der Waals surface area contributed by atoms with E-state index in [0.29, 0.717) is 53.5 Å². The van der Waals surface area contributed by atoms with Gasteiger partial charge in [-0.05, 0) is 68.8 Å². The molecule has 7 heteroatoms. The fourth-order valence-corrected chi connectivity index (χ4v) is 3.99. The molecule has 180 valence electrons. The molecule has 0 unspecified atom stereocenters. The van der Waals surface area contributed by atoms with Crippen LogP contribution in [0.1, 0.15) is 35.3 Å². The number of carbonyl (C=O) groups is 1. The van der Waals surface area contributed by atoms with Crippen LogP contribution in [-0.2, 0) is 6.54 Å². The third kappa shape index (κ3) is 5.19. The van der Waals surface area contributed by atoms with Crippen LogP contribution >= 0.6 is 0 Å². The number of aromatic nitrogens is 2. The minimum absolute atomic E-state index is 0.125. The van der Waals surface area contributed by atoms with Gasteiger partial charge in [-0.3, -0.25) is 14.2 Å². The number of benzene rings is 3. The first-order valence-corrected chi connectivity index (χ1v) is 11.7. The molecule has 0 bridgehead atoms. The lowest BCUT2D eigenvalue weighted by Gasteiger charge is -2.24. The predicted molar refractivity (Wildman–Crippen MR) is 141 cm³/mol. The van der Waals surface area contributed by atoms with Crippen LogP contribution in [0, 0.1) is 6.92 Å². The topological polar surface area (TPSA) is 76.5 Å². The number of aryl methyl sites for hydroxylation is 1. The SMILES string of the molecule is CCN(CC)c1nc2cc(C(=O)Nc3ccc(OC)cc3)ccc2c(=O)n1Cc1ccc(C)cc1. The van der Waals surface area contributed by atoms with Gasteiger partial charge in [0.2, 0.25) is 5.95 Å². The highest BCUT2D eigenvalue weighted by molar-refractivity contribution is 6.06. The molecule has 0 atom stereocenters. The fraction of sp³-hybridized carbons (Fsp3) is 0.250. The van der Waals surface area contributed by atoms with E-state index in [1.807, 2.05) is 45.0 Å². The molecule has 0 saturated heterocycles. The van der Waals surface area contributed by atoms with Crippen LogP contribution < -0.4 is 20.5 Å². The van der Waals surface area contributed by atoms with Crippen LogP contribution in [0.25, 0.3) is 10.9 Å². The number of fused-ring (bicyclic) bond motifs is 1. The van der Waals surface area contributed by atoms with Gasteiger partial charge in [0.15, 0.2) is 0 Å². The molecule has 35 heavy (non-hydrogen) atoms. The van der Waals surface area contributed by atoms with E-state index in [1.54, 1.807) is 54.1 Å². The normalized spacial score (nSPS) is 10.9. The first-order chi connectivity index (χ1) is 16.9. The number of nitrogens with zero attached hydrogens (tertiary/aromatic N) is 3. The first-order valence-electron chi connectivity index (χ1n) is 11.7. The zero-order chi connectivity index (χ0) is 24.9. The van der Waals surface area contributed by atoms with E-state index in [4.69, 9.17) is 9.72 Å². The summed E-state index contributed by atoms with van der Waals surface area (Å²) >= 11 is 0. The van der Waals surface area contributed by atoms with Crippen molar-refractivity contribution in [2.45, 2.75) is 27.3 Å². The lowest BCUT2D eigenvalue weighted by atomic mass is 10.1. The Labute approximate surface area is 205 Å². The Hall–Kier alpha value is -4.13. The zero-order valence-corrected chi connectivity index (χ0v) is 20.5. The maximum atomic E-state index is 13.6. The molecule has 1 heterocycles. The van der Waals surface area contributed by atoms with E-state index in [1.165, 1.54) is 5.56 Å². The van der Waals surface area contributed by atoms with Gasteiger partial charge in [-0.25, -0.2) is 4.98 Å². The molecule has 0 fully saturated rings. The average Bonchev–Trinajstić information content (AvgIpc) is 2.88. The Kier molecular flexibility index (Phi) is 7.15. The van der Waals surface area contributed by atoms with E-state index in [9.17, 15) is 9.59 Å². The van der Waals surface area contributed by atoms with Gasteiger partial charge in [0, 0.05) is 24.3 Å². The average molecular weight is 471 g/mol. The molecular formula is C28H30N4O3. The zero-order valence-electron chi connectivity index (χ0n) is 20.5. The first kappa shape index (κ1) is 24.0. The summed E-state index contributed by atoms with van der Waals surface area (Å²) in [5.74, 6) is 1.04. The van der Waals surface area contributed by atoms with Crippen molar-refractivity contribution >= 4 is 28.4 Å². The summed E-state index contributed by atoms with van der Waals surface area (Å²) < 4.78 is 6.88. The van der Waals surface area contributed by atoms with Gasteiger partial charge in [-0.1, -0.05) is 29.8 Å². The summed E-state index contributed by atoms with van der Waals surface area (Å²) in [6.07, 6.45) is 0. The monoisotopic (exact) mass is 470 g/mol. The molecule has 0 saturated carbocycles. The molecule has 1 amide bonds. The van der Waals surface area contributed by atoms with Crippen molar-refractivity contribution < 1.29 is 9.53 Å². The number of methoxy groups -OCH3 is 1. The van der Waals surface area contributed by atoms with Gasteiger partial charge in [0.25, 0.3) is 11.5 Å². The van der Waals surface area contributed by atoms with Gasteiger partial charge < -0.3 is 15.0 Å². The molecule has 4 aromatic rings. The quantitative estimate of drug-likeness (QED) is 0.398. The Morgan fingerprint density at radius 3 is 2.31 bits per heavy atom. The molecule has 0 radical (unpaired) electrons. The summed E-state index contributed by atoms with van der Waals surface area (Å²) in [5.41, 5.74) is 3.66. The number of nitrogens with one attached hydrogen (secondary N) is 1. The Bertz CT molecular complexity index is 1390. The number of hydrogen-bond acceptors (Lipinski definition) is 5. The van der Waals surface area contributed by atoms with Crippen molar-refractivity contribution in [1.82, 2.24) is 9.55 Å². The van der Waals surface area contributed by atoms with Crippen molar-refractivity contribution in [3.8, 4) is 5.75 Å². The van der Waals surface area contributed by atoms with Crippen LogP contribution in [0.4, 0.5) is 11.6 Å². The summed E-state index contributed by atoms with van der Waals surface area (Å²) in [5, 5.41) is 3.36. The highest BCUT2D eigenvalue weighted by atomic mass is 16.5. The fourth-order valence-electron chi connectivity index (χ4n) is 3.99. The molecular weight excluding hydrogens is 440 g/mol. The highest BCUT2D eigenvalue weighted by Gasteiger charge is 2.17. The minimum atomic E-state index is -0.271. The van der Waals surface area contributed by atoms with E-state index < -0.39 is 0 Å². The van der Waals surface area contributed by atoms with Gasteiger partial charge in [0.1, 0.15) is 5.75 Å². The van der Waals surface area contributed by atoms with Crippen molar-refractivity contribution in [3.05, 3.63) is 93.8 Å². The van der Waals surface area contributed by atoms with Gasteiger partial charge in [-0.2, -0.15) is 0 Å². The largest absolute Gasteiger partial charge is 0.497 e. The Morgan fingerprint density at radius 1 is 1.00 bits per heavy atom. The maximum Gasteiger partial charge on any atom is 0.263 e. The number of ether oxygens (including phenoxy) is 1. The summed E-state index contributed by atoms with van der Waals surface area (Å²) in [6, 6.07) is 20.3. The number of carbonyl (C=O) groups excluding carboxylic acids is 1. The maximum absolute atomic E-state index is 13.6. The lowest BCUT2D eigenvalue weighted by molar-refractivity contribution is 0.102. The Morgan fingerprint density at radius 2 is 1.69 bits per heavy atom.